The van der Waals surface area contributed by atoms with Crippen molar-refractivity contribution in [2.45, 2.75) is 19.3 Å². The van der Waals surface area contributed by atoms with Gasteiger partial charge in [-0.05, 0) is 53.4 Å². The molecule has 0 fully saturated rings. The molecule has 0 unspecified atom stereocenters. The average Bonchev–Trinajstić information content (AvgIpc) is 2.39. The van der Waals surface area contributed by atoms with Crippen molar-refractivity contribution >= 4 is 21.8 Å². The van der Waals surface area contributed by atoms with Gasteiger partial charge in [-0.3, -0.25) is 4.79 Å². The number of ether oxygens (including phenoxy) is 1. The van der Waals surface area contributed by atoms with E-state index in [1.54, 1.807) is 25.3 Å². The number of carbonyl (C=O) groups is 1. The lowest BCUT2D eigenvalue weighted by Crippen LogP contribution is -2.24. The van der Waals surface area contributed by atoms with E-state index < -0.39 is 0 Å². The van der Waals surface area contributed by atoms with E-state index in [2.05, 4.69) is 21.2 Å². The molecule has 1 aromatic carbocycles. The Morgan fingerprint density at radius 1 is 1.39 bits per heavy atom. The molecular weight excluding hydrogens is 298 g/mol. The summed E-state index contributed by atoms with van der Waals surface area (Å²) in [5.74, 6) is 0.536. The zero-order valence-corrected chi connectivity index (χ0v) is 12.0. The molecule has 0 aliphatic heterocycles. The summed E-state index contributed by atoms with van der Waals surface area (Å²) in [6.07, 6.45) is 2.56. The number of carbonyl (C=O) groups excluding carboxylic acids is 1. The molecule has 0 atom stereocenters. The van der Waals surface area contributed by atoms with Crippen molar-refractivity contribution in [2.75, 3.05) is 20.3 Å². The van der Waals surface area contributed by atoms with Crippen LogP contribution in [0.4, 0.5) is 0 Å². The van der Waals surface area contributed by atoms with E-state index in [0.29, 0.717) is 17.9 Å². The number of aliphatic hydroxyl groups is 1. The third-order valence-electron chi connectivity index (χ3n) is 2.54. The van der Waals surface area contributed by atoms with Crippen LogP contribution in [-0.4, -0.2) is 31.3 Å². The Morgan fingerprint density at radius 2 is 2.17 bits per heavy atom. The van der Waals surface area contributed by atoms with Crippen LogP contribution < -0.4 is 10.1 Å². The Morgan fingerprint density at radius 3 is 2.83 bits per heavy atom. The van der Waals surface area contributed by atoms with Gasteiger partial charge in [0.2, 0.25) is 0 Å². The molecule has 0 saturated carbocycles. The van der Waals surface area contributed by atoms with Crippen LogP contribution in [-0.2, 0) is 0 Å². The van der Waals surface area contributed by atoms with Gasteiger partial charge in [0.25, 0.3) is 5.91 Å². The van der Waals surface area contributed by atoms with Crippen molar-refractivity contribution in [3.05, 3.63) is 28.2 Å². The number of hydrogen-bond donors (Lipinski definition) is 2. The van der Waals surface area contributed by atoms with Gasteiger partial charge in [-0.2, -0.15) is 0 Å². The maximum Gasteiger partial charge on any atom is 0.252 e. The second-order valence-corrected chi connectivity index (χ2v) is 4.74. The quantitative estimate of drug-likeness (QED) is 0.759. The highest BCUT2D eigenvalue weighted by atomic mass is 79.9. The van der Waals surface area contributed by atoms with E-state index in [9.17, 15) is 4.79 Å². The normalized spacial score (nSPS) is 10.2. The van der Waals surface area contributed by atoms with E-state index in [0.717, 1.165) is 23.7 Å². The molecule has 0 aromatic heterocycles. The first kappa shape index (κ1) is 15.0. The molecule has 1 amide bonds. The topological polar surface area (TPSA) is 58.6 Å². The Balaban J connectivity index is 2.50. The fraction of sp³-hybridized carbons (Fsp3) is 0.462. The minimum absolute atomic E-state index is 0.121. The van der Waals surface area contributed by atoms with Crippen LogP contribution in [0.25, 0.3) is 0 Å². The van der Waals surface area contributed by atoms with Gasteiger partial charge in [0.05, 0.1) is 12.7 Å². The van der Waals surface area contributed by atoms with E-state index in [1.165, 1.54) is 0 Å². The summed E-state index contributed by atoms with van der Waals surface area (Å²) < 4.78 is 5.84. The highest BCUT2D eigenvalue weighted by Gasteiger charge is 2.10. The molecule has 0 heterocycles. The lowest BCUT2D eigenvalue weighted by atomic mass is 10.2. The van der Waals surface area contributed by atoms with Gasteiger partial charge >= 0.3 is 0 Å². The largest absolute Gasteiger partial charge is 0.497 e. The summed E-state index contributed by atoms with van der Waals surface area (Å²) in [6.45, 7) is 0.817. The molecule has 0 radical (unpaired) electrons. The van der Waals surface area contributed by atoms with E-state index in [4.69, 9.17) is 9.84 Å². The number of halogens is 1. The summed E-state index contributed by atoms with van der Waals surface area (Å²) in [7, 11) is 1.57. The minimum Gasteiger partial charge on any atom is -0.497 e. The van der Waals surface area contributed by atoms with Gasteiger partial charge in [0.15, 0.2) is 0 Å². The van der Waals surface area contributed by atoms with Gasteiger partial charge in [-0.1, -0.05) is 0 Å². The molecule has 4 nitrogen and oxygen atoms in total. The Kier molecular flexibility index (Phi) is 6.75. The lowest BCUT2D eigenvalue weighted by molar-refractivity contribution is 0.0951. The highest BCUT2D eigenvalue weighted by Crippen LogP contribution is 2.22. The van der Waals surface area contributed by atoms with Crippen LogP contribution >= 0.6 is 15.9 Å². The first-order valence-electron chi connectivity index (χ1n) is 5.91. The molecular formula is C13H18BrNO3. The van der Waals surface area contributed by atoms with Gasteiger partial charge in [-0.25, -0.2) is 0 Å². The monoisotopic (exact) mass is 315 g/mol. The standard InChI is InChI=1S/C13H18BrNO3/c1-18-10-5-6-12(14)11(9-10)13(17)15-7-3-2-4-8-16/h5-6,9,16H,2-4,7-8H2,1H3,(H,15,17). The molecule has 1 aromatic rings. The van der Waals surface area contributed by atoms with Crippen molar-refractivity contribution in [1.29, 1.82) is 0 Å². The van der Waals surface area contributed by atoms with Crippen LogP contribution in [0, 0.1) is 0 Å². The zero-order chi connectivity index (χ0) is 13.4. The van der Waals surface area contributed by atoms with Crippen LogP contribution in [0.3, 0.4) is 0 Å². The Labute approximate surface area is 115 Å². The fourth-order valence-corrected chi connectivity index (χ4v) is 1.94. The SMILES string of the molecule is COc1ccc(Br)c(C(=O)NCCCCCO)c1. The van der Waals surface area contributed by atoms with Crippen molar-refractivity contribution in [3.63, 3.8) is 0 Å². The predicted molar refractivity (Wildman–Crippen MR) is 74.0 cm³/mol. The molecule has 2 N–H and O–H groups in total. The number of aliphatic hydroxyl groups excluding tert-OH is 1. The van der Waals surface area contributed by atoms with Gasteiger partial charge < -0.3 is 15.2 Å². The molecule has 100 valence electrons. The zero-order valence-electron chi connectivity index (χ0n) is 10.4. The molecule has 18 heavy (non-hydrogen) atoms. The molecule has 5 heteroatoms. The minimum atomic E-state index is -0.121. The summed E-state index contributed by atoms with van der Waals surface area (Å²) in [6, 6.07) is 5.29. The summed E-state index contributed by atoms with van der Waals surface area (Å²) in [5.41, 5.74) is 0.566. The molecule has 0 aliphatic carbocycles. The van der Waals surface area contributed by atoms with Crippen molar-refractivity contribution in [1.82, 2.24) is 5.32 Å². The number of methoxy groups -OCH3 is 1. The van der Waals surface area contributed by atoms with Gasteiger partial charge in [-0.15, -0.1) is 0 Å². The average molecular weight is 316 g/mol. The third kappa shape index (κ3) is 4.66. The molecule has 0 bridgehead atoms. The lowest BCUT2D eigenvalue weighted by Gasteiger charge is -2.08. The van der Waals surface area contributed by atoms with Crippen LogP contribution in [0.15, 0.2) is 22.7 Å². The van der Waals surface area contributed by atoms with Crippen LogP contribution in [0.1, 0.15) is 29.6 Å². The second kappa shape index (κ2) is 8.11. The summed E-state index contributed by atoms with van der Waals surface area (Å²) in [5, 5.41) is 11.5. The number of amides is 1. The fourth-order valence-electron chi connectivity index (χ4n) is 1.52. The second-order valence-electron chi connectivity index (χ2n) is 3.89. The number of unbranched alkanes of at least 4 members (excludes halogenated alkanes) is 2. The van der Waals surface area contributed by atoms with Gasteiger partial charge in [0, 0.05) is 17.6 Å². The maximum absolute atomic E-state index is 11.9. The molecule has 1 rings (SSSR count). The number of rotatable bonds is 7. The first-order chi connectivity index (χ1) is 8.69. The molecule has 0 saturated heterocycles. The smallest absolute Gasteiger partial charge is 0.252 e. The molecule has 0 aliphatic rings. The summed E-state index contributed by atoms with van der Waals surface area (Å²) in [4.78, 5) is 11.9. The number of benzene rings is 1. The Hall–Kier alpha value is -1.07. The predicted octanol–water partition coefficient (Wildman–Crippen LogP) is 2.35. The van der Waals surface area contributed by atoms with E-state index >= 15 is 0 Å². The van der Waals surface area contributed by atoms with Gasteiger partial charge in [0.1, 0.15) is 5.75 Å². The number of nitrogens with one attached hydrogen (secondary N) is 1. The van der Waals surface area contributed by atoms with Crippen molar-refractivity contribution in [3.8, 4) is 5.75 Å². The third-order valence-corrected chi connectivity index (χ3v) is 3.23. The van der Waals surface area contributed by atoms with E-state index in [-0.39, 0.29) is 12.5 Å². The van der Waals surface area contributed by atoms with Crippen molar-refractivity contribution < 1.29 is 14.6 Å². The Bertz CT molecular complexity index is 396. The molecule has 0 spiro atoms. The maximum atomic E-state index is 11.9. The summed E-state index contributed by atoms with van der Waals surface area (Å²) >= 11 is 3.34. The number of hydrogen-bond acceptors (Lipinski definition) is 3. The van der Waals surface area contributed by atoms with E-state index in [1.807, 2.05) is 0 Å². The van der Waals surface area contributed by atoms with Crippen LogP contribution in [0.5, 0.6) is 5.75 Å². The highest BCUT2D eigenvalue weighted by molar-refractivity contribution is 9.10. The first-order valence-corrected chi connectivity index (χ1v) is 6.71. The van der Waals surface area contributed by atoms with Crippen molar-refractivity contribution in [2.24, 2.45) is 0 Å². The van der Waals surface area contributed by atoms with Crippen LogP contribution in [0.2, 0.25) is 0 Å².